The van der Waals surface area contributed by atoms with E-state index in [0.29, 0.717) is 4.88 Å². The average Bonchev–Trinajstić information content (AvgIpc) is 3.24. The van der Waals surface area contributed by atoms with E-state index >= 15 is 0 Å². The van der Waals surface area contributed by atoms with Crippen LogP contribution in [0.3, 0.4) is 0 Å². The van der Waals surface area contributed by atoms with Gasteiger partial charge in [-0.3, -0.25) is 4.40 Å². The third kappa shape index (κ3) is 2.72. The molecule has 0 amide bonds. The maximum absolute atomic E-state index is 12.1. The Balaban J connectivity index is 1.46. The molecule has 4 nitrogen and oxygen atoms in total. The summed E-state index contributed by atoms with van der Waals surface area (Å²) in [5, 5.41) is 1.97. The Kier molecular flexibility index (Phi) is 3.58. The van der Waals surface area contributed by atoms with Gasteiger partial charge in [-0.15, -0.1) is 22.7 Å². The molecule has 0 aliphatic rings. The number of nitrogens with zero attached hydrogens (tertiary/aromatic N) is 2. The van der Waals surface area contributed by atoms with E-state index in [1.165, 1.54) is 11.3 Å². The highest BCUT2D eigenvalue weighted by Gasteiger charge is 2.15. The predicted octanol–water partition coefficient (Wildman–Crippen LogP) is 3.82. The number of benzene rings is 1. The van der Waals surface area contributed by atoms with Crippen molar-refractivity contribution in [1.82, 2.24) is 9.38 Å². The van der Waals surface area contributed by atoms with Gasteiger partial charge in [-0.05, 0) is 18.2 Å². The zero-order valence-electron chi connectivity index (χ0n) is 11.9. The van der Waals surface area contributed by atoms with E-state index in [9.17, 15) is 4.79 Å². The quantitative estimate of drug-likeness (QED) is 0.412. The molecule has 0 atom stereocenters. The van der Waals surface area contributed by atoms with E-state index in [1.54, 1.807) is 11.3 Å². The second-order valence-corrected chi connectivity index (χ2v) is 6.62. The monoisotopic (exact) mass is 338 g/mol. The van der Waals surface area contributed by atoms with Gasteiger partial charge in [0.25, 0.3) is 0 Å². The van der Waals surface area contributed by atoms with Gasteiger partial charge >= 0.3 is 5.97 Å². The van der Waals surface area contributed by atoms with Crippen molar-refractivity contribution in [1.29, 1.82) is 0 Å². The highest BCUT2D eigenvalue weighted by Crippen LogP contribution is 2.28. The molecule has 3 heterocycles. The highest BCUT2D eigenvalue weighted by atomic mass is 32.1. The van der Waals surface area contributed by atoms with Crippen molar-refractivity contribution < 1.29 is 9.53 Å². The molecule has 0 radical (unpaired) electrons. The molecule has 4 aromatic rings. The van der Waals surface area contributed by atoms with Gasteiger partial charge in [0.05, 0.1) is 5.52 Å². The molecule has 3 aromatic heterocycles. The second kappa shape index (κ2) is 5.88. The van der Waals surface area contributed by atoms with E-state index in [4.69, 9.17) is 4.74 Å². The Bertz CT molecular complexity index is 1050. The molecule has 0 unspecified atom stereocenters. The van der Waals surface area contributed by atoms with Gasteiger partial charge in [0, 0.05) is 17.1 Å². The summed E-state index contributed by atoms with van der Waals surface area (Å²) in [6, 6.07) is 11.4. The van der Waals surface area contributed by atoms with Crippen LogP contribution in [0, 0.1) is 11.8 Å². The van der Waals surface area contributed by atoms with Crippen LogP contribution in [-0.2, 0) is 4.74 Å². The first-order valence-corrected chi connectivity index (χ1v) is 8.57. The summed E-state index contributed by atoms with van der Waals surface area (Å²) < 4.78 is 7.18. The minimum atomic E-state index is -0.362. The summed E-state index contributed by atoms with van der Waals surface area (Å²) in [5.74, 6) is 5.44. The fourth-order valence-corrected chi connectivity index (χ4v) is 3.87. The number of fused-ring (bicyclic) bond motifs is 3. The first-order valence-electron chi connectivity index (χ1n) is 6.87. The first kappa shape index (κ1) is 14.0. The van der Waals surface area contributed by atoms with Crippen LogP contribution < -0.4 is 0 Å². The Morgan fingerprint density at radius 1 is 1.30 bits per heavy atom. The summed E-state index contributed by atoms with van der Waals surface area (Å²) in [6.07, 6.45) is 1.95. The van der Waals surface area contributed by atoms with Gasteiger partial charge in [-0.1, -0.05) is 30.0 Å². The third-order valence-electron chi connectivity index (χ3n) is 3.22. The molecule has 0 fully saturated rings. The lowest BCUT2D eigenvalue weighted by Crippen LogP contribution is -2.03. The van der Waals surface area contributed by atoms with E-state index in [-0.39, 0.29) is 12.6 Å². The van der Waals surface area contributed by atoms with Crippen LogP contribution in [0.5, 0.6) is 0 Å². The largest absolute Gasteiger partial charge is 0.448 e. The normalized spacial score (nSPS) is 10.6. The van der Waals surface area contributed by atoms with Crippen molar-refractivity contribution in [3.8, 4) is 11.8 Å². The number of hydrogen-bond acceptors (Lipinski definition) is 5. The standard InChI is InChI=1S/C17H10N2O2S2/c20-16(21-9-4-7-12-5-2-1-3-6-12)14-11-13-15(23-14)18-17-19(13)8-10-22-17/h1-3,5-6,8,10-11H,9H2. The highest BCUT2D eigenvalue weighted by molar-refractivity contribution is 7.21. The van der Waals surface area contributed by atoms with E-state index < -0.39 is 0 Å². The summed E-state index contributed by atoms with van der Waals surface area (Å²) in [6.45, 7) is 0.0737. The van der Waals surface area contributed by atoms with Crippen molar-refractivity contribution in [2.75, 3.05) is 6.61 Å². The maximum atomic E-state index is 12.1. The molecule has 0 saturated heterocycles. The van der Waals surface area contributed by atoms with Crippen LogP contribution in [-0.4, -0.2) is 22.0 Å². The molecular formula is C17H10N2O2S2. The van der Waals surface area contributed by atoms with Gasteiger partial charge in [-0.2, -0.15) is 0 Å². The van der Waals surface area contributed by atoms with Crippen LogP contribution in [0.15, 0.2) is 48.0 Å². The van der Waals surface area contributed by atoms with Crippen LogP contribution in [0.2, 0.25) is 0 Å². The fourth-order valence-electron chi connectivity index (χ4n) is 2.18. The maximum Gasteiger partial charge on any atom is 0.349 e. The lowest BCUT2D eigenvalue weighted by molar-refractivity contribution is 0.0562. The molecule has 4 rings (SSSR count). The smallest absolute Gasteiger partial charge is 0.349 e. The first-order chi connectivity index (χ1) is 11.3. The van der Waals surface area contributed by atoms with E-state index in [0.717, 1.165) is 20.9 Å². The summed E-state index contributed by atoms with van der Waals surface area (Å²) in [7, 11) is 0. The third-order valence-corrected chi connectivity index (χ3v) is 4.98. The van der Waals surface area contributed by atoms with Crippen molar-refractivity contribution in [2.45, 2.75) is 0 Å². The van der Waals surface area contributed by atoms with E-state index in [1.807, 2.05) is 52.4 Å². The molecule has 0 aliphatic heterocycles. The van der Waals surface area contributed by atoms with Gasteiger partial charge in [0.15, 0.2) is 11.6 Å². The minimum Gasteiger partial charge on any atom is -0.448 e. The van der Waals surface area contributed by atoms with Crippen molar-refractivity contribution in [3.05, 3.63) is 58.4 Å². The molecule has 0 N–H and O–H groups in total. The molecule has 112 valence electrons. The summed E-state index contributed by atoms with van der Waals surface area (Å²) >= 11 is 2.91. The minimum absolute atomic E-state index is 0.0737. The Hall–Kier alpha value is -2.62. The Morgan fingerprint density at radius 2 is 2.17 bits per heavy atom. The number of esters is 1. The molecule has 6 heteroatoms. The Labute approximate surface area is 140 Å². The predicted molar refractivity (Wildman–Crippen MR) is 92.1 cm³/mol. The number of ether oxygens (including phenoxy) is 1. The molecular weight excluding hydrogens is 328 g/mol. The molecule has 0 spiro atoms. The number of imidazole rings is 1. The number of aromatic nitrogens is 2. The molecule has 0 bridgehead atoms. The molecule has 23 heavy (non-hydrogen) atoms. The van der Waals surface area contributed by atoms with E-state index in [2.05, 4.69) is 16.8 Å². The topological polar surface area (TPSA) is 43.6 Å². The van der Waals surface area contributed by atoms with Crippen LogP contribution in [0.25, 0.3) is 15.3 Å². The summed E-state index contributed by atoms with van der Waals surface area (Å²) in [5.41, 5.74) is 1.84. The van der Waals surface area contributed by atoms with Crippen molar-refractivity contribution in [2.24, 2.45) is 0 Å². The number of carbonyl (C=O) groups excluding carboxylic acids is 1. The second-order valence-electron chi connectivity index (χ2n) is 4.71. The van der Waals surface area contributed by atoms with Crippen LogP contribution >= 0.6 is 22.7 Å². The SMILES string of the molecule is O=C(OCC#Cc1ccccc1)c1cc2c(nc3sccn32)s1. The van der Waals surface area contributed by atoms with Crippen LogP contribution in [0.4, 0.5) is 0 Å². The van der Waals surface area contributed by atoms with Gasteiger partial charge in [0.2, 0.25) is 0 Å². The lowest BCUT2D eigenvalue weighted by Gasteiger charge is -1.96. The lowest BCUT2D eigenvalue weighted by atomic mass is 10.2. The van der Waals surface area contributed by atoms with Crippen molar-refractivity contribution in [3.63, 3.8) is 0 Å². The molecule has 1 aromatic carbocycles. The number of rotatable bonds is 2. The van der Waals surface area contributed by atoms with Gasteiger partial charge < -0.3 is 4.74 Å². The summed E-state index contributed by atoms with van der Waals surface area (Å²) in [4.78, 5) is 18.9. The fraction of sp³-hybridized carbons (Fsp3) is 0.0588. The number of thiophene rings is 1. The number of hydrogen-bond donors (Lipinski definition) is 0. The molecule has 0 saturated carbocycles. The van der Waals surface area contributed by atoms with Gasteiger partial charge in [0.1, 0.15) is 9.71 Å². The molecule has 0 aliphatic carbocycles. The zero-order chi connectivity index (χ0) is 15.6. The number of thiazole rings is 1. The number of carbonyl (C=O) groups is 1. The van der Waals surface area contributed by atoms with Crippen LogP contribution in [0.1, 0.15) is 15.2 Å². The van der Waals surface area contributed by atoms with Crippen molar-refractivity contribution >= 4 is 44.0 Å². The average molecular weight is 338 g/mol. The Morgan fingerprint density at radius 3 is 3.04 bits per heavy atom. The zero-order valence-corrected chi connectivity index (χ0v) is 13.5. The van der Waals surface area contributed by atoms with Gasteiger partial charge in [-0.25, -0.2) is 9.78 Å².